The molecule has 0 aliphatic carbocycles. The van der Waals surface area contributed by atoms with E-state index in [2.05, 4.69) is 41.5 Å². The molecule has 2 aromatic rings. The fourth-order valence-corrected chi connectivity index (χ4v) is 2.52. The lowest BCUT2D eigenvalue weighted by Gasteiger charge is -2.22. The Bertz CT molecular complexity index is 819. The molecule has 2 N–H and O–H groups in total. The third-order valence-corrected chi connectivity index (χ3v) is 4.07. The first-order chi connectivity index (χ1) is 12.5. The fourth-order valence-electron chi connectivity index (χ4n) is 2.52. The van der Waals surface area contributed by atoms with E-state index >= 15 is 0 Å². The van der Waals surface area contributed by atoms with Crippen molar-refractivity contribution in [2.45, 2.75) is 41.0 Å². The van der Waals surface area contributed by atoms with E-state index in [9.17, 15) is 9.59 Å². The molecule has 1 heterocycles. The average Bonchev–Trinajstić information content (AvgIpc) is 3.05. The van der Waals surface area contributed by atoms with Crippen LogP contribution in [-0.2, 0) is 11.2 Å². The van der Waals surface area contributed by atoms with Crippen molar-refractivity contribution in [2.75, 3.05) is 13.6 Å². The van der Waals surface area contributed by atoms with Gasteiger partial charge in [-0.1, -0.05) is 38.1 Å². The van der Waals surface area contributed by atoms with E-state index in [4.69, 9.17) is 4.52 Å². The summed E-state index contributed by atoms with van der Waals surface area (Å²) < 4.78 is 5.32. The maximum absolute atomic E-state index is 12.5. The maximum Gasteiger partial charge on any atom is 0.251 e. The standard InChI is InChI=1S/C20H28N4O3/c1-19(2,3)11-15-23-16(24-27-15)13-8-7-9-14(10-13)17(25)22-12-20(4,5)18(26)21-6/h7-10H,11-12H2,1-6H3,(H,21,26)(H,22,25). The highest BCUT2D eigenvalue weighted by atomic mass is 16.5. The van der Waals surface area contributed by atoms with E-state index < -0.39 is 5.41 Å². The van der Waals surface area contributed by atoms with Crippen LogP contribution >= 0.6 is 0 Å². The Labute approximate surface area is 159 Å². The van der Waals surface area contributed by atoms with E-state index in [1.54, 1.807) is 39.1 Å². The Morgan fingerprint density at radius 3 is 2.48 bits per heavy atom. The molecule has 0 aliphatic heterocycles. The zero-order valence-electron chi connectivity index (χ0n) is 16.8. The predicted molar refractivity (Wildman–Crippen MR) is 103 cm³/mol. The summed E-state index contributed by atoms with van der Waals surface area (Å²) in [4.78, 5) is 28.7. The molecule has 1 aromatic carbocycles. The van der Waals surface area contributed by atoms with Crippen molar-refractivity contribution in [1.29, 1.82) is 0 Å². The van der Waals surface area contributed by atoms with Gasteiger partial charge in [0.25, 0.3) is 5.91 Å². The van der Waals surface area contributed by atoms with E-state index in [-0.39, 0.29) is 23.8 Å². The predicted octanol–water partition coefficient (Wildman–Crippen LogP) is 2.83. The number of nitrogens with zero attached hydrogens (tertiary/aromatic N) is 2. The molecule has 0 unspecified atom stereocenters. The Kier molecular flexibility index (Phi) is 6.03. The fraction of sp³-hybridized carbons (Fsp3) is 0.500. The third-order valence-electron chi connectivity index (χ3n) is 4.07. The van der Waals surface area contributed by atoms with Gasteiger partial charge in [0.1, 0.15) is 0 Å². The maximum atomic E-state index is 12.5. The van der Waals surface area contributed by atoms with Crippen molar-refractivity contribution in [2.24, 2.45) is 10.8 Å². The van der Waals surface area contributed by atoms with Crippen LogP contribution in [0.25, 0.3) is 11.4 Å². The molecule has 7 heteroatoms. The van der Waals surface area contributed by atoms with Crippen molar-refractivity contribution in [3.05, 3.63) is 35.7 Å². The van der Waals surface area contributed by atoms with Gasteiger partial charge < -0.3 is 15.2 Å². The quantitative estimate of drug-likeness (QED) is 0.813. The molecule has 0 saturated carbocycles. The molecule has 0 aliphatic rings. The van der Waals surface area contributed by atoms with Crippen LogP contribution in [0.2, 0.25) is 0 Å². The van der Waals surface area contributed by atoms with Crippen LogP contribution in [0.3, 0.4) is 0 Å². The molecule has 0 saturated heterocycles. The molecule has 0 spiro atoms. The summed E-state index contributed by atoms with van der Waals surface area (Å²) in [5, 5.41) is 9.43. The minimum absolute atomic E-state index is 0.0448. The number of benzene rings is 1. The zero-order chi connectivity index (χ0) is 20.2. The lowest BCUT2D eigenvalue weighted by atomic mass is 9.92. The van der Waals surface area contributed by atoms with Gasteiger partial charge in [-0.05, 0) is 31.4 Å². The first-order valence-corrected chi connectivity index (χ1v) is 8.95. The number of nitrogens with one attached hydrogen (secondary N) is 2. The number of hydrogen-bond donors (Lipinski definition) is 2. The number of rotatable bonds is 6. The van der Waals surface area contributed by atoms with Crippen LogP contribution in [0.5, 0.6) is 0 Å². The van der Waals surface area contributed by atoms with Crippen LogP contribution in [0.15, 0.2) is 28.8 Å². The van der Waals surface area contributed by atoms with E-state index in [1.807, 2.05) is 6.07 Å². The van der Waals surface area contributed by atoms with Crippen molar-refractivity contribution in [3.8, 4) is 11.4 Å². The van der Waals surface area contributed by atoms with Crippen LogP contribution in [0.4, 0.5) is 0 Å². The summed E-state index contributed by atoms with van der Waals surface area (Å²) in [6.07, 6.45) is 0.675. The molecule has 2 amide bonds. The van der Waals surface area contributed by atoms with Gasteiger partial charge in [0.2, 0.25) is 17.6 Å². The van der Waals surface area contributed by atoms with Gasteiger partial charge in [0, 0.05) is 31.1 Å². The third kappa shape index (κ3) is 5.64. The molecule has 27 heavy (non-hydrogen) atoms. The number of aromatic nitrogens is 2. The van der Waals surface area contributed by atoms with Crippen molar-refractivity contribution in [1.82, 2.24) is 20.8 Å². The van der Waals surface area contributed by atoms with Crippen LogP contribution in [0, 0.1) is 10.8 Å². The molecule has 1 aromatic heterocycles. The highest BCUT2D eigenvalue weighted by Crippen LogP contribution is 2.23. The molecular weight excluding hydrogens is 344 g/mol. The summed E-state index contributed by atoms with van der Waals surface area (Å²) in [5.41, 5.74) is 0.528. The number of hydrogen-bond acceptors (Lipinski definition) is 5. The van der Waals surface area contributed by atoms with Gasteiger partial charge in [-0.25, -0.2) is 0 Å². The van der Waals surface area contributed by atoms with Gasteiger partial charge in [-0.15, -0.1) is 0 Å². The largest absolute Gasteiger partial charge is 0.359 e. The number of carbonyl (C=O) groups excluding carboxylic acids is 2. The molecular formula is C20H28N4O3. The van der Waals surface area contributed by atoms with Crippen molar-refractivity contribution >= 4 is 11.8 Å². The van der Waals surface area contributed by atoms with Crippen LogP contribution in [0.1, 0.15) is 50.9 Å². The second-order valence-corrected chi connectivity index (χ2v) is 8.48. The topological polar surface area (TPSA) is 97.1 Å². The highest BCUT2D eigenvalue weighted by Gasteiger charge is 2.27. The highest BCUT2D eigenvalue weighted by molar-refractivity contribution is 5.95. The molecule has 146 valence electrons. The first kappa shape index (κ1) is 20.6. The Morgan fingerprint density at radius 2 is 1.85 bits per heavy atom. The Morgan fingerprint density at radius 1 is 1.15 bits per heavy atom. The summed E-state index contributed by atoms with van der Waals surface area (Å²) in [5.74, 6) is 0.635. The minimum atomic E-state index is -0.697. The zero-order valence-corrected chi connectivity index (χ0v) is 16.8. The number of carbonyl (C=O) groups is 2. The van der Waals surface area contributed by atoms with E-state index in [1.165, 1.54) is 0 Å². The molecule has 0 bridgehead atoms. The molecule has 7 nitrogen and oxygen atoms in total. The second-order valence-electron chi connectivity index (χ2n) is 8.48. The monoisotopic (exact) mass is 372 g/mol. The minimum Gasteiger partial charge on any atom is -0.359 e. The summed E-state index contributed by atoms with van der Waals surface area (Å²) in [6.45, 7) is 10.1. The molecule has 2 rings (SSSR count). The van der Waals surface area contributed by atoms with E-state index in [0.29, 0.717) is 29.3 Å². The van der Waals surface area contributed by atoms with Crippen molar-refractivity contribution < 1.29 is 14.1 Å². The lowest BCUT2D eigenvalue weighted by Crippen LogP contribution is -2.43. The van der Waals surface area contributed by atoms with Crippen LogP contribution < -0.4 is 10.6 Å². The molecule has 0 fully saturated rings. The SMILES string of the molecule is CNC(=O)C(C)(C)CNC(=O)c1cccc(-c2noc(CC(C)(C)C)n2)c1. The summed E-state index contributed by atoms with van der Waals surface area (Å²) >= 11 is 0. The summed E-state index contributed by atoms with van der Waals surface area (Å²) in [6, 6.07) is 7.03. The lowest BCUT2D eigenvalue weighted by molar-refractivity contribution is -0.128. The second kappa shape index (κ2) is 7.90. The van der Waals surface area contributed by atoms with Gasteiger partial charge in [0.15, 0.2) is 0 Å². The first-order valence-electron chi connectivity index (χ1n) is 8.95. The van der Waals surface area contributed by atoms with Gasteiger partial charge in [-0.2, -0.15) is 4.98 Å². The van der Waals surface area contributed by atoms with Gasteiger partial charge in [-0.3, -0.25) is 9.59 Å². The Hall–Kier alpha value is -2.70. The average molecular weight is 372 g/mol. The summed E-state index contributed by atoms with van der Waals surface area (Å²) in [7, 11) is 1.58. The van der Waals surface area contributed by atoms with E-state index in [0.717, 1.165) is 0 Å². The van der Waals surface area contributed by atoms with Gasteiger partial charge >= 0.3 is 0 Å². The smallest absolute Gasteiger partial charge is 0.251 e. The van der Waals surface area contributed by atoms with Gasteiger partial charge in [0.05, 0.1) is 5.41 Å². The Balaban J connectivity index is 2.11. The van der Waals surface area contributed by atoms with Crippen LogP contribution in [-0.4, -0.2) is 35.5 Å². The number of amides is 2. The van der Waals surface area contributed by atoms with Crippen molar-refractivity contribution in [3.63, 3.8) is 0 Å². The molecule has 0 atom stereocenters. The molecule has 0 radical (unpaired) electrons. The normalized spacial score (nSPS) is 11.9.